The van der Waals surface area contributed by atoms with Gasteiger partial charge in [-0.1, -0.05) is 11.6 Å². The monoisotopic (exact) mass is 394 g/mol. The number of ether oxygens (including phenoxy) is 2. The van der Waals surface area contributed by atoms with E-state index in [9.17, 15) is 10.2 Å². The van der Waals surface area contributed by atoms with Crippen molar-refractivity contribution in [3.63, 3.8) is 0 Å². The molecule has 0 saturated carbocycles. The van der Waals surface area contributed by atoms with Crippen molar-refractivity contribution >= 4 is 34.0 Å². The minimum absolute atomic E-state index is 0.372. The molecule has 0 bridgehead atoms. The normalized spacial score (nSPS) is 31.0. The minimum atomic E-state index is -1.13. The van der Waals surface area contributed by atoms with E-state index in [1.54, 1.807) is 10.8 Å². The number of hydrogen-bond acceptors (Lipinski definition) is 8. The molecule has 10 heteroatoms. The van der Waals surface area contributed by atoms with E-state index in [1.807, 2.05) is 13.0 Å². The molecule has 0 unspecified atom stereocenters. The van der Waals surface area contributed by atoms with Gasteiger partial charge in [-0.25, -0.2) is 15.0 Å². The van der Waals surface area contributed by atoms with Gasteiger partial charge in [-0.2, -0.15) is 0 Å². The number of aliphatic hydroxyl groups excluding tert-OH is 2. The molecule has 0 aliphatic carbocycles. The van der Waals surface area contributed by atoms with Gasteiger partial charge in [0.2, 0.25) is 0 Å². The van der Waals surface area contributed by atoms with Crippen molar-refractivity contribution in [3.8, 4) is 0 Å². The highest BCUT2D eigenvalue weighted by Gasteiger charge is 2.50. The number of nitrogens with zero attached hydrogens (tertiary/aromatic N) is 4. The molecular weight excluding hydrogens is 380 g/mol. The summed E-state index contributed by atoms with van der Waals surface area (Å²) in [7, 11) is 0. The Morgan fingerprint density at radius 3 is 3.00 bits per heavy atom. The quantitative estimate of drug-likeness (QED) is 0.682. The zero-order valence-electron chi connectivity index (χ0n) is 13.6. The van der Waals surface area contributed by atoms with E-state index in [4.69, 9.17) is 21.1 Å². The Hall–Kier alpha value is -1.62. The first-order valence-electron chi connectivity index (χ1n) is 8.11. The van der Waals surface area contributed by atoms with E-state index in [0.717, 1.165) is 16.0 Å². The standard InChI is InChI=1S/C16H15ClN4O4S/c1-6-7-2-3-21(14(7)19-5-18-6)15-11(23)10(22)13(25-15)12-9-8(4-24-12)26-16(17)20-9/h2-3,5,10-13,15,22-23H,4H2,1H3/t10-,11+,12+,13-,15+/m0/s1. The number of aliphatic hydroxyl groups is 2. The van der Waals surface area contributed by atoms with Gasteiger partial charge in [0.1, 0.15) is 36.4 Å². The molecule has 8 nitrogen and oxygen atoms in total. The Kier molecular flexibility index (Phi) is 3.78. The Bertz CT molecular complexity index is 992. The topological polar surface area (TPSA) is 103 Å². The van der Waals surface area contributed by atoms with Crippen LogP contribution < -0.4 is 0 Å². The van der Waals surface area contributed by atoms with Crippen LogP contribution in [0.15, 0.2) is 18.6 Å². The minimum Gasteiger partial charge on any atom is -0.387 e. The van der Waals surface area contributed by atoms with Gasteiger partial charge < -0.3 is 24.3 Å². The fraction of sp³-hybridized carbons (Fsp3) is 0.438. The molecule has 0 radical (unpaired) electrons. The highest BCUT2D eigenvalue weighted by molar-refractivity contribution is 7.15. The van der Waals surface area contributed by atoms with Gasteiger partial charge in [0, 0.05) is 11.6 Å². The van der Waals surface area contributed by atoms with Gasteiger partial charge in [0.15, 0.2) is 10.7 Å². The molecule has 136 valence electrons. The van der Waals surface area contributed by atoms with Crippen LogP contribution in [0.3, 0.4) is 0 Å². The Morgan fingerprint density at radius 1 is 1.31 bits per heavy atom. The van der Waals surface area contributed by atoms with E-state index in [2.05, 4.69) is 15.0 Å². The van der Waals surface area contributed by atoms with Crippen molar-refractivity contribution in [2.45, 2.75) is 44.2 Å². The molecule has 26 heavy (non-hydrogen) atoms. The molecule has 5 atom stereocenters. The number of fused-ring (bicyclic) bond motifs is 2. The first-order chi connectivity index (χ1) is 12.5. The fourth-order valence-electron chi connectivity index (χ4n) is 3.62. The van der Waals surface area contributed by atoms with Gasteiger partial charge in [-0.15, -0.1) is 11.3 Å². The smallest absolute Gasteiger partial charge is 0.184 e. The maximum absolute atomic E-state index is 10.6. The van der Waals surface area contributed by atoms with Crippen LogP contribution in [0.25, 0.3) is 11.0 Å². The second-order valence-electron chi connectivity index (χ2n) is 6.40. The van der Waals surface area contributed by atoms with Crippen LogP contribution in [0.2, 0.25) is 4.47 Å². The Labute approximate surface area is 157 Å². The third kappa shape index (κ3) is 2.32. The molecule has 0 amide bonds. The zero-order valence-corrected chi connectivity index (χ0v) is 15.2. The lowest BCUT2D eigenvalue weighted by Gasteiger charge is -2.20. The van der Waals surface area contributed by atoms with Crippen molar-refractivity contribution in [1.82, 2.24) is 19.5 Å². The van der Waals surface area contributed by atoms with Gasteiger partial charge in [-0.05, 0) is 13.0 Å². The number of thiazole rings is 1. The number of hydrogen-bond donors (Lipinski definition) is 2. The molecule has 3 aromatic rings. The summed E-state index contributed by atoms with van der Waals surface area (Å²) in [6, 6.07) is 1.87. The van der Waals surface area contributed by atoms with E-state index < -0.39 is 30.6 Å². The SMILES string of the molecule is Cc1ncnc2c1ccn2[C@@H]1O[C@H]([C@@H]2OCc3sc(Cl)nc32)[C@@H](O)[C@H]1O. The van der Waals surface area contributed by atoms with Crippen LogP contribution in [0.4, 0.5) is 0 Å². The number of aryl methyl sites for hydroxylation is 1. The van der Waals surface area contributed by atoms with Crippen LogP contribution in [0, 0.1) is 6.92 Å². The molecule has 1 saturated heterocycles. The van der Waals surface area contributed by atoms with Crippen molar-refractivity contribution < 1.29 is 19.7 Å². The fourth-order valence-corrected chi connectivity index (χ4v) is 4.73. The average molecular weight is 395 g/mol. The summed E-state index contributed by atoms with van der Waals surface area (Å²) in [6.07, 6.45) is -1.13. The second-order valence-corrected chi connectivity index (χ2v) is 8.06. The van der Waals surface area contributed by atoms with Crippen LogP contribution in [0.5, 0.6) is 0 Å². The maximum Gasteiger partial charge on any atom is 0.184 e. The van der Waals surface area contributed by atoms with Gasteiger partial charge in [0.05, 0.1) is 22.9 Å². The summed E-state index contributed by atoms with van der Waals surface area (Å²) in [4.78, 5) is 13.7. The van der Waals surface area contributed by atoms with Crippen LogP contribution >= 0.6 is 22.9 Å². The Morgan fingerprint density at radius 2 is 2.15 bits per heavy atom. The summed E-state index contributed by atoms with van der Waals surface area (Å²) in [6.45, 7) is 2.26. The van der Waals surface area contributed by atoms with E-state index >= 15 is 0 Å². The summed E-state index contributed by atoms with van der Waals surface area (Å²) < 4.78 is 13.9. The predicted octanol–water partition coefficient (Wildman–Crippen LogP) is 1.74. The molecular formula is C16H15ClN4O4S. The first-order valence-corrected chi connectivity index (χ1v) is 9.30. The van der Waals surface area contributed by atoms with Crippen molar-refractivity contribution in [3.05, 3.63) is 39.3 Å². The van der Waals surface area contributed by atoms with Crippen molar-refractivity contribution in [1.29, 1.82) is 0 Å². The van der Waals surface area contributed by atoms with Crippen LogP contribution in [-0.4, -0.2) is 48.0 Å². The third-order valence-electron chi connectivity index (χ3n) is 4.92. The summed E-state index contributed by atoms with van der Waals surface area (Å²) in [5, 5.41) is 22.1. The number of halogens is 1. The Balaban J connectivity index is 1.50. The largest absolute Gasteiger partial charge is 0.387 e. The van der Waals surface area contributed by atoms with Gasteiger partial charge >= 0.3 is 0 Å². The van der Waals surface area contributed by atoms with E-state index in [-0.39, 0.29) is 0 Å². The molecule has 5 rings (SSSR count). The predicted molar refractivity (Wildman–Crippen MR) is 92.8 cm³/mol. The average Bonchev–Trinajstić information content (AvgIpc) is 3.34. The highest BCUT2D eigenvalue weighted by atomic mass is 35.5. The molecule has 3 aromatic heterocycles. The summed E-state index contributed by atoms with van der Waals surface area (Å²) >= 11 is 7.34. The van der Waals surface area contributed by atoms with E-state index in [1.165, 1.54) is 17.7 Å². The van der Waals surface area contributed by atoms with Crippen molar-refractivity contribution in [2.75, 3.05) is 0 Å². The molecule has 2 N–H and O–H groups in total. The molecule has 2 aliphatic heterocycles. The van der Waals surface area contributed by atoms with Crippen LogP contribution in [0.1, 0.15) is 28.6 Å². The lowest BCUT2D eigenvalue weighted by atomic mass is 10.0. The molecule has 2 aliphatic rings. The van der Waals surface area contributed by atoms with Crippen molar-refractivity contribution in [2.24, 2.45) is 0 Å². The summed E-state index contributed by atoms with van der Waals surface area (Å²) in [5.74, 6) is 0. The molecule has 0 spiro atoms. The highest BCUT2D eigenvalue weighted by Crippen LogP contribution is 2.44. The molecule has 1 fully saturated rings. The lowest BCUT2D eigenvalue weighted by molar-refractivity contribution is -0.105. The lowest BCUT2D eigenvalue weighted by Crippen LogP contribution is -2.34. The third-order valence-corrected chi connectivity index (χ3v) is 6.07. The zero-order chi connectivity index (χ0) is 18.0. The molecule has 0 aromatic carbocycles. The van der Waals surface area contributed by atoms with E-state index in [0.29, 0.717) is 22.4 Å². The van der Waals surface area contributed by atoms with Crippen LogP contribution in [-0.2, 0) is 16.1 Å². The summed E-state index contributed by atoms with van der Waals surface area (Å²) in [5.41, 5.74) is 2.14. The number of rotatable bonds is 2. The van der Waals surface area contributed by atoms with Gasteiger partial charge in [0.25, 0.3) is 0 Å². The van der Waals surface area contributed by atoms with Gasteiger partial charge in [-0.3, -0.25) is 0 Å². The maximum atomic E-state index is 10.6. The molecule has 5 heterocycles. The second kappa shape index (κ2) is 5.95. The first kappa shape index (κ1) is 16.5. The number of aromatic nitrogens is 4.